The zero-order valence-electron chi connectivity index (χ0n) is 9.43. The topological polar surface area (TPSA) is 84.9 Å². The second-order valence-corrected chi connectivity index (χ2v) is 4.22. The molecule has 0 unspecified atom stereocenters. The summed E-state index contributed by atoms with van der Waals surface area (Å²) in [4.78, 5) is 22.5. The number of aliphatic hydroxyl groups excluding tert-OH is 1. The lowest BCUT2D eigenvalue weighted by molar-refractivity contribution is -0.201. The first kappa shape index (κ1) is 11.2. The van der Waals surface area contributed by atoms with E-state index >= 15 is 0 Å². The Hall–Kier alpha value is -1.92. The van der Waals surface area contributed by atoms with Crippen LogP contribution in [0.3, 0.4) is 0 Å². The minimum Gasteiger partial charge on any atom is -0.396 e. The van der Waals surface area contributed by atoms with Gasteiger partial charge in [-0.15, -0.1) is 0 Å². The number of ether oxygens (including phenoxy) is 2. The largest absolute Gasteiger partial charge is 0.422 e. The average molecular weight is 249 g/mol. The van der Waals surface area contributed by atoms with E-state index in [2.05, 4.69) is 5.32 Å². The fraction of sp³-hybridized carbons (Fsp3) is 0.333. The number of aliphatic hydroxyl groups is 1. The molecular weight excluding hydrogens is 238 g/mol. The Balaban J connectivity index is 2.11. The van der Waals surface area contributed by atoms with Crippen LogP contribution in [-0.2, 0) is 38.0 Å². The molecule has 0 aromatic heterocycles. The zero-order valence-corrected chi connectivity index (χ0v) is 9.43. The van der Waals surface area contributed by atoms with Crippen LogP contribution in [0.25, 0.3) is 0 Å². The molecule has 2 aliphatic heterocycles. The number of esters is 2. The highest BCUT2D eigenvalue weighted by Gasteiger charge is 2.52. The predicted molar refractivity (Wildman–Crippen MR) is 57.9 cm³/mol. The summed E-state index contributed by atoms with van der Waals surface area (Å²) in [6, 6.07) is 5.30. The molecule has 1 spiro atoms. The number of nitrogens with one attached hydrogen (secondary N) is 1. The van der Waals surface area contributed by atoms with Crippen molar-refractivity contribution in [2.45, 2.75) is 18.9 Å². The highest BCUT2D eigenvalue weighted by atomic mass is 16.8. The molecule has 1 fully saturated rings. The standard InChI is InChI=1S/C12H11NO5/c14-6-7-1-2-8-3-4-13-12(9(8)5-7)17-10(15)11(16)18-12/h1-2,5,13-14H,3-4,6H2. The Labute approximate surface area is 103 Å². The van der Waals surface area contributed by atoms with E-state index in [1.807, 2.05) is 6.07 Å². The van der Waals surface area contributed by atoms with Crippen molar-refractivity contribution in [3.63, 3.8) is 0 Å². The summed E-state index contributed by atoms with van der Waals surface area (Å²) in [5.74, 6) is -3.54. The summed E-state index contributed by atoms with van der Waals surface area (Å²) in [5, 5.41) is 12.0. The van der Waals surface area contributed by atoms with Crippen LogP contribution in [-0.4, -0.2) is 23.6 Å². The van der Waals surface area contributed by atoms with Gasteiger partial charge >= 0.3 is 17.8 Å². The van der Waals surface area contributed by atoms with E-state index < -0.39 is 17.8 Å². The van der Waals surface area contributed by atoms with Crippen molar-refractivity contribution >= 4 is 11.9 Å². The second-order valence-electron chi connectivity index (χ2n) is 4.22. The van der Waals surface area contributed by atoms with Gasteiger partial charge in [0, 0.05) is 6.54 Å². The Kier molecular flexibility index (Phi) is 2.36. The lowest BCUT2D eigenvalue weighted by Gasteiger charge is -2.32. The van der Waals surface area contributed by atoms with Crippen LogP contribution in [0, 0.1) is 0 Å². The fourth-order valence-corrected chi connectivity index (χ4v) is 2.25. The Morgan fingerprint density at radius 1 is 1.28 bits per heavy atom. The number of hydrogen-bond acceptors (Lipinski definition) is 6. The molecule has 1 aromatic carbocycles. The van der Waals surface area contributed by atoms with Gasteiger partial charge in [-0.3, -0.25) is 0 Å². The van der Waals surface area contributed by atoms with Crippen molar-refractivity contribution in [1.29, 1.82) is 0 Å². The van der Waals surface area contributed by atoms with Crippen LogP contribution in [0.4, 0.5) is 0 Å². The number of carbonyl (C=O) groups excluding carboxylic acids is 2. The molecule has 18 heavy (non-hydrogen) atoms. The maximum atomic E-state index is 11.2. The van der Waals surface area contributed by atoms with Gasteiger partial charge in [0.05, 0.1) is 12.2 Å². The molecule has 1 aromatic rings. The quantitative estimate of drug-likeness (QED) is 0.517. The first-order valence-corrected chi connectivity index (χ1v) is 5.59. The van der Waals surface area contributed by atoms with E-state index in [-0.39, 0.29) is 6.61 Å². The van der Waals surface area contributed by atoms with Crippen LogP contribution in [0.5, 0.6) is 0 Å². The molecule has 6 nitrogen and oxygen atoms in total. The van der Waals surface area contributed by atoms with E-state index in [0.29, 0.717) is 17.7 Å². The van der Waals surface area contributed by atoms with Gasteiger partial charge in [0.15, 0.2) is 0 Å². The SMILES string of the molecule is O=C1OC2(NCCc3ccc(CO)cc32)OC1=O. The van der Waals surface area contributed by atoms with Crippen LogP contribution in [0.1, 0.15) is 16.7 Å². The van der Waals surface area contributed by atoms with Gasteiger partial charge in [-0.2, -0.15) is 0 Å². The monoisotopic (exact) mass is 249 g/mol. The first-order valence-electron chi connectivity index (χ1n) is 5.59. The lowest BCUT2D eigenvalue weighted by Crippen LogP contribution is -2.48. The van der Waals surface area contributed by atoms with Crippen molar-refractivity contribution in [3.05, 3.63) is 34.9 Å². The van der Waals surface area contributed by atoms with E-state index in [1.165, 1.54) is 0 Å². The number of benzene rings is 1. The van der Waals surface area contributed by atoms with Crippen molar-refractivity contribution in [3.8, 4) is 0 Å². The van der Waals surface area contributed by atoms with Gasteiger partial charge in [0.25, 0.3) is 0 Å². The highest BCUT2D eigenvalue weighted by molar-refractivity contribution is 6.31. The summed E-state index contributed by atoms with van der Waals surface area (Å²) in [6.07, 6.45) is 0.734. The highest BCUT2D eigenvalue weighted by Crippen LogP contribution is 2.35. The Morgan fingerprint density at radius 2 is 2.00 bits per heavy atom. The minimum atomic E-state index is -1.52. The molecular formula is C12H11NO5. The van der Waals surface area contributed by atoms with Crippen molar-refractivity contribution in [1.82, 2.24) is 5.32 Å². The smallest absolute Gasteiger partial charge is 0.396 e. The van der Waals surface area contributed by atoms with Gasteiger partial charge in [-0.25, -0.2) is 14.9 Å². The third kappa shape index (κ3) is 1.50. The van der Waals surface area contributed by atoms with Crippen LogP contribution in [0.15, 0.2) is 18.2 Å². The molecule has 2 N–H and O–H groups in total. The zero-order chi connectivity index (χ0) is 12.8. The molecule has 94 valence electrons. The lowest BCUT2D eigenvalue weighted by atomic mass is 9.95. The van der Waals surface area contributed by atoms with Crippen molar-refractivity contribution in [2.24, 2.45) is 0 Å². The first-order chi connectivity index (χ1) is 8.64. The molecule has 6 heteroatoms. The molecule has 0 aliphatic carbocycles. The molecule has 1 saturated heterocycles. The fourth-order valence-electron chi connectivity index (χ4n) is 2.25. The molecule has 0 atom stereocenters. The van der Waals surface area contributed by atoms with E-state index in [1.54, 1.807) is 12.1 Å². The number of fused-ring (bicyclic) bond motifs is 2. The van der Waals surface area contributed by atoms with Crippen molar-refractivity contribution in [2.75, 3.05) is 6.54 Å². The molecule has 3 rings (SSSR count). The third-order valence-electron chi connectivity index (χ3n) is 3.10. The van der Waals surface area contributed by atoms with Gasteiger partial charge < -0.3 is 14.6 Å². The van der Waals surface area contributed by atoms with E-state index in [4.69, 9.17) is 14.6 Å². The number of hydrogen-bond donors (Lipinski definition) is 2. The summed E-state index contributed by atoms with van der Waals surface area (Å²) in [5.41, 5.74) is 2.16. The molecule has 2 aliphatic rings. The Morgan fingerprint density at radius 3 is 2.67 bits per heavy atom. The van der Waals surface area contributed by atoms with Gasteiger partial charge in [0.1, 0.15) is 0 Å². The summed E-state index contributed by atoms with van der Waals surface area (Å²) < 4.78 is 10.0. The minimum absolute atomic E-state index is 0.134. The molecule has 0 bridgehead atoms. The Bertz CT molecular complexity index is 523. The van der Waals surface area contributed by atoms with Crippen LogP contribution in [0.2, 0.25) is 0 Å². The van der Waals surface area contributed by atoms with Gasteiger partial charge in [0.2, 0.25) is 0 Å². The van der Waals surface area contributed by atoms with Gasteiger partial charge in [-0.05, 0) is 23.6 Å². The van der Waals surface area contributed by atoms with E-state index in [0.717, 1.165) is 12.0 Å². The summed E-state index contributed by atoms with van der Waals surface area (Å²) in [7, 11) is 0. The van der Waals surface area contributed by atoms with Gasteiger partial charge in [-0.1, -0.05) is 12.1 Å². The molecule has 0 amide bonds. The normalized spacial score (nSPS) is 20.5. The van der Waals surface area contributed by atoms with Crippen LogP contribution < -0.4 is 5.32 Å². The average Bonchev–Trinajstić information content (AvgIpc) is 2.65. The maximum absolute atomic E-state index is 11.2. The summed E-state index contributed by atoms with van der Waals surface area (Å²) in [6.45, 7) is 0.400. The van der Waals surface area contributed by atoms with E-state index in [9.17, 15) is 9.59 Å². The second kappa shape index (κ2) is 3.79. The molecule has 2 heterocycles. The maximum Gasteiger partial charge on any atom is 0.422 e. The molecule has 0 saturated carbocycles. The van der Waals surface area contributed by atoms with Crippen LogP contribution >= 0.6 is 0 Å². The van der Waals surface area contributed by atoms with Crippen molar-refractivity contribution < 1.29 is 24.2 Å². The summed E-state index contributed by atoms with van der Waals surface area (Å²) >= 11 is 0. The molecule has 0 radical (unpaired) electrons. The predicted octanol–water partition coefficient (Wildman–Crippen LogP) is -0.465. The number of rotatable bonds is 1. The number of carbonyl (C=O) groups is 2. The third-order valence-corrected chi connectivity index (χ3v) is 3.10.